The highest BCUT2D eigenvalue weighted by Crippen LogP contribution is 2.17. The number of aryl methyl sites for hydroxylation is 3. The molecule has 0 aliphatic heterocycles. The zero-order valence-corrected chi connectivity index (χ0v) is 15.3. The van der Waals surface area contributed by atoms with Crippen molar-refractivity contribution in [3.63, 3.8) is 0 Å². The first kappa shape index (κ1) is 17.7. The third-order valence-corrected chi connectivity index (χ3v) is 4.12. The summed E-state index contributed by atoms with van der Waals surface area (Å²) in [6.45, 7) is 6.40. The molecule has 0 saturated heterocycles. The van der Waals surface area contributed by atoms with E-state index in [1.807, 2.05) is 67.9 Å². The smallest absolute Gasteiger partial charge is 0.258 e. The minimum atomic E-state index is -0.152. The van der Waals surface area contributed by atoms with Crippen LogP contribution >= 0.6 is 0 Å². The molecule has 1 aromatic heterocycles. The van der Waals surface area contributed by atoms with E-state index in [1.54, 1.807) is 6.20 Å². The normalized spacial score (nSPS) is 10.6. The monoisotopic (exact) mass is 349 g/mol. The van der Waals surface area contributed by atoms with E-state index in [0.29, 0.717) is 12.3 Å². The van der Waals surface area contributed by atoms with Gasteiger partial charge in [-0.25, -0.2) is 4.98 Å². The molecule has 2 aromatic carbocycles. The van der Waals surface area contributed by atoms with Crippen LogP contribution in [-0.4, -0.2) is 22.1 Å². The van der Waals surface area contributed by atoms with E-state index in [2.05, 4.69) is 16.4 Å². The van der Waals surface area contributed by atoms with Crippen molar-refractivity contribution >= 4 is 5.91 Å². The second-order valence-electron chi connectivity index (χ2n) is 6.36. The number of ether oxygens (including phenoxy) is 1. The van der Waals surface area contributed by atoms with Crippen LogP contribution in [0.3, 0.4) is 0 Å². The van der Waals surface area contributed by atoms with Gasteiger partial charge >= 0.3 is 0 Å². The minimum absolute atomic E-state index is 0.00480. The van der Waals surface area contributed by atoms with Crippen molar-refractivity contribution in [1.29, 1.82) is 0 Å². The quantitative estimate of drug-likeness (QED) is 0.741. The maximum atomic E-state index is 12.2. The molecule has 0 saturated carbocycles. The summed E-state index contributed by atoms with van der Waals surface area (Å²) in [6, 6.07) is 13.9. The van der Waals surface area contributed by atoms with Crippen molar-refractivity contribution in [1.82, 2.24) is 14.9 Å². The highest BCUT2D eigenvalue weighted by atomic mass is 16.5. The van der Waals surface area contributed by atoms with Crippen molar-refractivity contribution in [2.45, 2.75) is 27.3 Å². The molecule has 3 rings (SSSR count). The second kappa shape index (κ2) is 7.87. The largest absolute Gasteiger partial charge is 0.484 e. The molecule has 1 heterocycles. The fourth-order valence-corrected chi connectivity index (χ4v) is 2.94. The Hall–Kier alpha value is -3.08. The van der Waals surface area contributed by atoms with Crippen LogP contribution < -0.4 is 10.1 Å². The molecule has 134 valence electrons. The van der Waals surface area contributed by atoms with Gasteiger partial charge in [0.05, 0.1) is 5.69 Å². The highest BCUT2D eigenvalue weighted by Gasteiger charge is 2.09. The molecule has 0 unspecified atom stereocenters. The van der Waals surface area contributed by atoms with Crippen LogP contribution in [-0.2, 0) is 11.3 Å². The number of nitrogens with zero attached hydrogens (tertiary/aromatic N) is 2. The molecule has 5 heteroatoms. The van der Waals surface area contributed by atoms with Gasteiger partial charge in [-0.2, -0.15) is 0 Å². The summed E-state index contributed by atoms with van der Waals surface area (Å²) in [4.78, 5) is 16.4. The van der Waals surface area contributed by atoms with E-state index in [4.69, 9.17) is 4.74 Å². The number of rotatable bonds is 6. The lowest BCUT2D eigenvalue weighted by molar-refractivity contribution is -0.123. The Morgan fingerprint density at radius 2 is 1.85 bits per heavy atom. The van der Waals surface area contributed by atoms with Crippen LogP contribution in [0.15, 0.2) is 54.9 Å². The van der Waals surface area contributed by atoms with Gasteiger partial charge in [0.15, 0.2) is 6.61 Å². The van der Waals surface area contributed by atoms with Crippen LogP contribution in [0.5, 0.6) is 5.75 Å². The van der Waals surface area contributed by atoms with Gasteiger partial charge in [-0.3, -0.25) is 4.79 Å². The molecule has 0 bridgehead atoms. The number of benzene rings is 2. The summed E-state index contributed by atoms with van der Waals surface area (Å²) in [5.41, 5.74) is 4.27. The molecular formula is C21H23N3O2. The molecule has 0 spiro atoms. The van der Waals surface area contributed by atoms with Gasteiger partial charge in [0.2, 0.25) is 0 Å². The summed E-state index contributed by atoms with van der Waals surface area (Å²) in [5, 5.41) is 2.92. The Labute approximate surface area is 153 Å². The lowest BCUT2D eigenvalue weighted by Crippen LogP contribution is -2.28. The number of aromatic nitrogens is 2. The van der Waals surface area contributed by atoms with Gasteiger partial charge in [-0.15, -0.1) is 0 Å². The molecule has 0 aliphatic carbocycles. The van der Waals surface area contributed by atoms with Crippen LogP contribution in [0.1, 0.15) is 22.5 Å². The maximum Gasteiger partial charge on any atom is 0.258 e. The van der Waals surface area contributed by atoms with E-state index >= 15 is 0 Å². The van der Waals surface area contributed by atoms with Gasteiger partial charge in [-0.05, 0) is 55.7 Å². The van der Waals surface area contributed by atoms with Gasteiger partial charge < -0.3 is 14.6 Å². The Balaban J connectivity index is 1.61. The molecule has 3 aromatic rings. The number of amides is 1. The molecule has 1 amide bonds. The summed E-state index contributed by atoms with van der Waals surface area (Å²) in [5.74, 6) is 1.47. The number of carbonyl (C=O) groups is 1. The van der Waals surface area contributed by atoms with Gasteiger partial charge in [0.1, 0.15) is 11.6 Å². The first-order valence-corrected chi connectivity index (χ1v) is 8.59. The lowest BCUT2D eigenvalue weighted by Gasteiger charge is -2.13. The van der Waals surface area contributed by atoms with Crippen LogP contribution in [0.25, 0.3) is 5.69 Å². The van der Waals surface area contributed by atoms with Crippen molar-refractivity contribution in [2.75, 3.05) is 6.61 Å². The molecular weight excluding hydrogens is 326 g/mol. The zero-order valence-electron chi connectivity index (χ0n) is 15.3. The average molecular weight is 349 g/mol. The fourth-order valence-electron chi connectivity index (χ4n) is 2.94. The summed E-state index contributed by atoms with van der Waals surface area (Å²) >= 11 is 0. The van der Waals surface area contributed by atoms with E-state index in [0.717, 1.165) is 28.2 Å². The Morgan fingerprint density at radius 1 is 1.12 bits per heavy atom. The summed E-state index contributed by atoms with van der Waals surface area (Å²) in [6.07, 6.45) is 3.68. The molecule has 0 radical (unpaired) electrons. The second-order valence-corrected chi connectivity index (χ2v) is 6.36. The topological polar surface area (TPSA) is 56.1 Å². The Morgan fingerprint density at radius 3 is 2.54 bits per heavy atom. The zero-order chi connectivity index (χ0) is 18.5. The van der Waals surface area contributed by atoms with Gasteiger partial charge in [0.25, 0.3) is 5.91 Å². The Kier molecular flexibility index (Phi) is 5.37. The van der Waals surface area contributed by atoms with E-state index in [-0.39, 0.29) is 12.5 Å². The van der Waals surface area contributed by atoms with Crippen molar-refractivity contribution < 1.29 is 9.53 Å². The highest BCUT2D eigenvalue weighted by molar-refractivity contribution is 5.77. The minimum Gasteiger partial charge on any atom is -0.484 e. The van der Waals surface area contributed by atoms with Crippen molar-refractivity contribution in [3.05, 3.63) is 77.4 Å². The van der Waals surface area contributed by atoms with Gasteiger partial charge in [-0.1, -0.05) is 24.3 Å². The number of para-hydroxylation sites is 1. The van der Waals surface area contributed by atoms with Crippen LogP contribution in [0.2, 0.25) is 0 Å². The predicted octanol–water partition coefficient (Wildman–Crippen LogP) is 3.49. The van der Waals surface area contributed by atoms with E-state index in [1.165, 1.54) is 0 Å². The number of hydrogen-bond acceptors (Lipinski definition) is 3. The third-order valence-electron chi connectivity index (χ3n) is 4.12. The third kappa shape index (κ3) is 4.30. The molecule has 1 N–H and O–H groups in total. The molecule has 0 atom stereocenters. The SMILES string of the molecule is Cc1cc(C)cc(OCC(=O)NCc2ccccc2-n2ccnc2C)c1. The first-order valence-electron chi connectivity index (χ1n) is 8.59. The number of nitrogens with one attached hydrogen (secondary N) is 1. The first-order chi connectivity index (χ1) is 12.5. The van der Waals surface area contributed by atoms with Crippen LogP contribution in [0.4, 0.5) is 0 Å². The molecule has 0 fully saturated rings. The number of carbonyl (C=O) groups excluding carboxylic acids is 1. The average Bonchev–Trinajstić information content (AvgIpc) is 3.03. The Bertz CT molecular complexity index is 895. The maximum absolute atomic E-state index is 12.2. The van der Waals surface area contributed by atoms with Crippen LogP contribution in [0, 0.1) is 20.8 Å². The lowest BCUT2D eigenvalue weighted by atomic mass is 10.1. The van der Waals surface area contributed by atoms with Crippen molar-refractivity contribution in [3.8, 4) is 11.4 Å². The molecule has 26 heavy (non-hydrogen) atoms. The summed E-state index contributed by atoms with van der Waals surface area (Å²) < 4.78 is 7.62. The number of hydrogen-bond donors (Lipinski definition) is 1. The predicted molar refractivity (Wildman–Crippen MR) is 102 cm³/mol. The fraction of sp³-hybridized carbons (Fsp3) is 0.238. The van der Waals surface area contributed by atoms with E-state index < -0.39 is 0 Å². The molecule has 5 nitrogen and oxygen atoms in total. The van der Waals surface area contributed by atoms with Crippen molar-refractivity contribution in [2.24, 2.45) is 0 Å². The number of imidazole rings is 1. The molecule has 0 aliphatic rings. The standard InChI is InChI=1S/C21H23N3O2/c1-15-10-16(2)12-19(11-15)26-14-21(25)23-13-18-6-4-5-7-20(18)24-9-8-22-17(24)3/h4-12H,13-14H2,1-3H3,(H,23,25). The van der Waals surface area contributed by atoms with E-state index in [9.17, 15) is 4.79 Å². The van der Waals surface area contributed by atoms with Gasteiger partial charge in [0, 0.05) is 18.9 Å². The summed E-state index contributed by atoms with van der Waals surface area (Å²) in [7, 11) is 0.